The number of carbonyl (C=O) groups excluding carboxylic acids is 1. The van der Waals surface area contributed by atoms with Gasteiger partial charge in [0.15, 0.2) is 0 Å². The number of ether oxygens (including phenoxy) is 1. The molecule has 3 aliphatic rings. The predicted molar refractivity (Wildman–Crippen MR) is 139 cm³/mol. The van der Waals surface area contributed by atoms with Crippen LogP contribution in [0.25, 0.3) is 0 Å². The van der Waals surface area contributed by atoms with Crippen LogP contribution >= 0.6 is 0 Å². The lowest BCUT2D eigenvalue weighted by Gasteiger charge is -2.48. The number of piperidine rings is 1. The molecule has 3 rings (SSSR count). The molecule has 3 atom stereocenters. The molecular formula is C28H53N3O3. The maximum Gasteiger partial charge on any atom is 0.317 e. The van der Waals surface area contributed by atoms with E-state index < -0.39 is 5.60 Å². The van der Waals surface area contributed by atoms with Gasteiger partial charge in [-0.3, -0.25) is 0 Å². The maximum absolute atomic E-state index is 13.4. The number of aliphatic hydroxyl groups is 1. The largest absolute Gasteiger partial charge is 0.389 e. The number of likely N-dealkylation sites (N-methyl/N-ethyl adjacent to an activating group) is 1. The van der Waals surface area contributed by atoms with Crippen LogP contribution < -0.4 is 10.6 Å². The summed E-state index contributed by atoms with van der Waals surface area (Å²) in [5.74, 6) is 1.30. The first kappa shape index (κ1) is 27.7. The van der Waals surface area contributed by atoms with Crippen molar-refractivity contribution < 1.29 is 14.6 Å². The summed E-state index contributed by atoms with van der Waals surface area (Å²) in [6.45, 7) is 3.08. The first-order valence-corrected chi connectivity index (χ1v) is 14.5. The van der Waals surface area contributed by atoms with E-state index in [-0.39, 0.29) is 18.0 Å². The van der Waals surface area contributed by atoms with Gasteiger partial charge in [-0.1, -0.05) is 51.4 Å². The molecule has 2 saturated carbocycles. The van der Waals surface area contributed by atoms with E-state index in [4.69, 9.17) is 4.74 Å². The molecule has 0 spiro atoms. The van der Waals surface area contributed by atoms with Crippen molar-refractivity contribution in [2.24, 2.45) is 17.8 Å². The summed E-state index contributed by atoms with van der Waals surface area (Å²) in [5.41, 5.74) is -0.653. The monoisotopic (exact) mass is 479 g/mol. The highest BCUT2D eigenvalue weighted by atomic mass is 16.5. The zero-order chi connectivity index (χ0) is 24.2. The minimum Gasteiger partial charge on any atom is -0.389 e. The summed E-state index contributed by atoms with van der Waals surface area (Å²) in [4.78, 5) is 15.4. The zero-order valence-electron chi connectivity index (χ0n) is 22.2. The van der Waals surface area contributed by atoms with Crippen LogP contribution in [0.1, 0.15) is 103 Å². The van der Waals surface area contributed by atoms with Gasteiger partial charge in [-0.15, -0.1) is 0 Å². The van der Waals surface area contributed by atoms with Crippen LogP contribution in [-0.4, -0.2) is 68.1 Å². The van der Waals surface area contributed by atoms with E-state index in [1.807, 2.05) is 11.9 Å². The summed E-state index contributed by atoms with van der Waals surface area (Å²) in [5, 5.41) is 18.8. The fourth-order valence-electron chi connectivity index (χ4n) is 7.10. The van der Waals surface area contributed by atoms with Crippen molar-refractivity contribution in [2.45, 2.75) is 114 Å². The first-order chi connectivity index (χ1) is 16.6. The summed E-state index contributed by atoms with van der Waals surface area (Å²) in [7, 11) is 3.73. The highest BCUT2D eigenvalue weighted by Gasteiger charge is 2.45. The van der Waals surface area contributed by atoms with Crippen molar-refractivity contribution in [3.63, 3.8) is 0 Å². The third-order valence-electron chi connectivity index (χ3n) is 9.02. The molecule has 0 radical (unpaired) electrons. The van der Waals surface area contributed by atoms with Crippen molar-refractivity contribution >= 4 is 6.03 Å². The quantitative estimate of drug-likeness (QED) is 0.341. The van der Waals surface area contributed by atoms with Gasteiger partial charge >= 0.3 is 6.03 Å². The number of hydrogen-bond donors (Lipinski definition) is 3. The second-order valence-corrected chi connectivity index (χ2v) is 11.5. The number of rotatable bonds is 12. The molecule has 1 aliphatic heterocycles. The van der Waals surface area contributed by atoms with Gasteiger partial charge in [0.25, 0.3) is 0 Å². The minimum absolute atomic E-state index is 0.0751. The molecule has 0 aromatic rings. The molecule has 34 heavy (non-hydrogen) atoms. The van der Waals surface area contributed by atoms with Gasteiger partial charge in [-0.05, 0) is 70.3 Å². The first-order valence-electron chi connectivity index (χ1n) is 14.5. The highest BCUT2D eigenvalue weighted by Crippen LogP contribution is 2.43. The third kappa shape index (κ3) is 8.09. The number of nitrogens with zero attached hydrogens (tertiary/aromatic N) is 1. The summed E-state index contributed by atoms with van der Waals surface area (Å²) in [6.07, 6.45) is 18.6. The fraction of sp³-hybridized carbons (Fsp3) is 0.964. The second-order valence-electron chi connectivity index (χ2n) is 11.5. The van der Waals surface area contributed by atoms with Crippen LogP contribution in [0.5, 0.6) is 0 Å². The van der Waals surface area contributed by atoms with Crippen LogP contribution in [-0.2, 0) is 4.74 Å². The highest BCUT2D eigenvalue weighted by molar-refractivity contribution is 5.74. The van der Waals surface area contributed by atoms with Gasteiger partial charge in [0, 0.05) is 45.3 Å². The van der Waals surface area contributed by atoms with Crippen LogP contribution in [0.4, 0.5) is 4.79 Å². The molecular weight excluding hydrogens is 426 g/mol. The second kappa shape index (κ2) is 14.6. The van der Waals surface area contributed by atoms with E-state index >= 15 is 0 Å². The van der Waals surface area contributed by atoms with E-state index in [1.165, 1.54) is 51.4 Å². The number of amides is 2. The lowest BCUT2D eigenvalue weighted by molar-refractivity contribution is -0.104. The Kier molecular flexibility index (Phi) is 11.9. The molecule has 6 nitrogen and oxygen atoms in total. The van der Waals surface area contributed by atoms with Crippen molar-refractivity contribution in [1.82, 2.24) is 15.5 Å². The number of methoxy groups -OCH3 is 1. The topological polar surface area (TPSA) is 73.8 Å². The van der Waals surface area contributed by atoms with Gasteiger partial charge in [0.2, 0.25) is 0 Å². The SMILES string of the molecule is CNC[C@H](CC1CCCCC1)NC(=O)N1CCC[C@@H]([C@@](O)(CCCCOC)C2CCCCC2)C1. The zero-order valence-corrected chi connectivity index (χ0v) is 22.2. The molecule has 0 aromatic heterocycles. The number of unbranched alkanes of at least 4 members (excludes halogenated alkanes) is 1. The van der Waals surface area contributed by atoms with Crippen LogP contribution in [0.3, 0.4) is 0 Å². The Bertz CT molecular complexity index is 577. The standard InChI is InChI=1S/C28H53N3O3/c1-29-21-26(20-23-12-5-3-6-13-23)30-27(32)31-18-11-16-25(22-31)28(33,17-9-10-19-34-2)24-14-7-4-8-15-24/h23-26,29,33H,3-22H2,1-2H3,(H,30,32)/t25-,26+,28-/m1/s1. The Labute approximate surface area is 209 Å². The molecule has 1 heterocycles. The molecule has 0 aromatic carbocycles. The molecule has 2 amide bonds. The fourth-order valence-corrected chi connectivity index (χ4v) is 7.10. The Hall–Kier alpha value is -0.850. The summed E-state index contributed by atoms with van der Waals surface area (Å²) < 4.78 is 5.26. The van der Waals surface area contributed by atoms with Crippen LogP contribution in [0, 0.1) is 17.8 Å². The smallest absolute Gasteiger partial charge is 0.317 e. The van der Waals surface area contributed by atoms with Gasteiger partial charge in [0.1, 0.15) is 0 Å². The Balaban J connectivity index is 1.60. The van der Waals surface area contributed by atoms with Gasteiger partial charge in [0.05, 0.1) is 5.60 Å². The lowest BCUT2D eigenvalue weighted by Crippen LogP contribution is -2.56. The summed E-state index contributed by atoms with van der Waals surface area (Å²) in [6, 6.07) is 0.262. The van der Waals surface area contributed by atoms with Gasteiger partial charge in [-0.2, -0.15) is 0 Å². The number of urea groups is 1. The van der Waals surface area contributed by atoms with Crippen molar-refractivity contribution in [1.29, 1.82) is 0 Å². The molecule has 3 fully saturated rings. The van der Waals surface area contributed by atoms with E-state index in [9.17, 15) is 9.90 Å². The number of nitrogens with one attached hydrogen (secondary N) is 2. The van der Waals surface area contributed by atoms with Gasteiger partial charge in [-0.25, -0.2) is 4.79 Å². The molecule has 1 saturated heterocycles. The van der Waals surface area contributed by atoms with Gasteiger partial charge < -0.3 is 25.4 Å². The third-order valence-corrected chi connectivity index (χ3v) is 9.02. The van der Waals surface area contributed by atoms with E-state index in [0.29, 0.717) is 12.5 Å². The number of carbonyl (C=O) groups is 1. The number of hydrogen-bond acceptors (Lipinski definition) is 4. The van der Waals surface area contributed by atoms with Crippen LogP contribution in [0.15, 0.2) is 0 Å². The molecule has 6 heteroatoms. The Morgan fingerprint density at radius 3 is 2.35 bits per heavy atom. The summed E-state index contributed by atoms with van der Waals surface area (Å²) >= 11 is 0. The average Bonchev–Trinajstić information content (AvgIpc) is 2.88. The normalized spacial score (nSPS) is 25.6. The average molecular weight is 480 g/mol. The van der Waals surface area contributed by atoms with Crippen LogP contribution in [0.2, 0.25) is 0 Å². The minimum atomic E-state index is -0.653. The molecule has 3 N–H and O–H groups in total. The lowest BCUT2D eigenvalue weighted by atomic mass is 9.66. The molecule has 0 unspecified atom stereocenters. The maximum atomic E-state index is 13.4. The number of likely N-dealkylation sites (tertiary alicyclic amines) is 1. The van der Waals surface area contributed by atoms with E-state index in [2.05, 4.69) is 10.6 Å². The predicted octanol–water partition coefficient (Wildman–Crippen LogP) is 5.09. The van der Waals surface area contributed by atoms with E-state index in [0.717, 1.165) is 77.0 Å². The Morgan fingerprint density at radius 1 is 1.00 bits per heavy atom. The van der Waals surface area contributed by atoms with E-state index in [1.54, 1.807) is 7.11 Å². The van der Waals surface area contributed by atoms with Crippen molar-refractivity contribution in [2.75, 3.05) is 40.4 Å². The molecule has 2 aliphatic carbocycles. The van der Waals surface area contributed by atoms with Crippen molar-refractivity contribution in [3.8, 4) is 0 Å². The molecule has 0 bridgehead atoms. The Morgan fingerprint density at radius 2 is 1.68 bits per heavy atom. The van der Waals surface area contributed by atoms with Crippen molar-refractivity contribution in [3.05, 3.63) is 0 Å². The molecule has 198 valence electrons.